The summed E-state index contributed by atoms with van der Waals surface area (Å²) in [4.78, 5) is 15.5. The Morgan fingerprint density at radius 2 is 0.990 bits per heavy atom. The lowest BCUT2D eigenvalue weighted by Crippen LogP contribution is -1.90. The number of rotatable bonds is 0. The fourth-order valence-corrected chi connectivity index (χ4v) is 13.6. The van der Waals surface area contributed by atoms with E-state index in [1.165, 1.54) is 122 Å². The maximum Gasteiger partial charge on any atom is 0.214 e. The summed E-state index contributed by atoms with van der Waals surface area (Å²) in [5, 5.41) is 7.91. The Hall–Kier alpha value is -12.0. The molecular formula is C82H86N16. The Labute approximate surface area is 568 Å². The van der Waals surface area contributed by atoms with Gasteiger partial charge in [0.1, 0.15) is 22.5 Å². The molecular weight excluding hydrogens is 1210 g/mol. The highest BCUT2D eigenvalue weighted by molar-refractivity contribution is 5.98. The number of hydrogen-bond donors (Lipinski definition) is 2. The second-order valence-corrected chi connectivity index (χ2v) is 25.3. The quantitative estimate of drug-likeness (QED) is 0.158. The third kappa shape index (κ3) is 11.3. The van der Waals surface area contributed by atoms with E-state index in [4.69, 9.17) is 0 Å². The average Bonchev–Trinajstić information content (AvgIpc) is 1.68. The van der Waals surface area contributed by atoms with Crippen molar-refractivity contribution < 1.29 is 0 Å². The van der Waals surface area contributed by atoms with Crippen molar-refractivity contribution in [3.8, 4) is 0 Å². The van der Waals surface area contributed by atoms with Crippen LogP contribution in [0.15, 0.2) is 244 Å². The standard InChI is InChI=1S/4C12H12N2.C11H11N3.C11H10N2.C10H9N3.2CH4/c1-9-11-7-10-5-3-4-6-14(10)12(11)8-13(9)2;1-9-7-10-11-5-3-4-6-14(11)8-12(10)13(9)2;1-9-7-10-8-14-6-4-3-5-11(14)12(10)13(9)2;1-9-7-14-8-10-5-3-4-6-11(10)12(14)13(9)2;1-8-7-14-10-6-4-3-5-9(10)12-11(14)13(8)2;1-8-11-9(7-12-8)6-10-4-2-3-5-13(10)11;1-7-6-8-10(11-7)13-5-3-2-4-9(13)12-8;;/h4*3-8H,1-2H3;3-7H,1-2H3;2-7,12H,1H3;2-6,11H,1H3;2*1H4. The van der Waals surface area contributed by atoms with Crippen LogP contribution in [0.3, 0.4) is 0 Å². The van der Waals surface area contributed by atoms with Crippen LogP contribution >= 0.6 is 0 Å². The van der Waals surface area contributed by atoms with E-state index >= 15 is 0 Å². The summed E-state index contributed by atoms with van der Waals surface area (Å²) in [5.41, 5.74) is 25.7. The summed E-state index contributed by atoms with van der Waals surface area (Å²) in [6, 6.07) is 58.7. The Bertz CT molecular complexity index is 6000. The molecule has 0 aliphatic heterocycles. The van der Waals surface area contributed by atoms with E-state index in [1.54, 1.807) is 0 Å². The monoisotopic (exact) mass is 1290 g/mol. The van der Waals surface area contributed by atoms with Crippen LogP contribution in [-0.4, -0.2) is 73.6 Å². The molecule has 494 valence electrons. The number of benzene rings is 2. The van der Waals surface area contributed by atoms with Gasteiger partial charge in [-0.1, -0.05) is 81.6 Å². The van der Waals surface area contributed by atoms with Gasteiger partial charge in [0.15, 0.2) is 0 Å². The average molecular weight is 1300 g/mol. The number of H-pyrrole nitrogens is 2. The number of imidazole rings is 4. The van der Waals surface area contributed by atoms with Crippen LogP contribution in [0.5, 0.6) is 0 Å². The number of nitrogens with zero attached hydrogens (tertiary/aromatic N) is 14. The van der Waals surface area contributed by atoms with Crippen molar-refractivity contribution in [1.29, 1.82) is 0 Å². The van der Waals surface area contributed by atoms with E-state index in [9.17, 15) is 0 Å². The largest absolute Gasteiger partial charge is 0.363 e. The molecule has 0 fully saturated rings. The summed E-state index contributed by atoms with van der Waals surface area (Å²) in [6.07, 6.45) is 25.4. The van der Waals surface area contributed by atoms with Crippen LogP contribution < -0.4 is 0 Å². The Morgan fingerprint density at radius 1 is 0.367 bits per heavy atom. The molecule has 2 N–H and O–H groups in total. The van der Waals surface area contributed by atoms with Gasteiger partial charge in [-0.2, -0.15) is 0 Å². The SMILES string of the molecule is C.C.Cc1[nH]cc2cc3ccccn3c12.Cc1c2cc3ccccn3c2cn1C.Cc1cc2c(cn3ccccc23)n1C.Cc1cc2cn3ccccc3c2n1C.Cc1cc2nc3ccccn3c2[nH]1.Cc1cn2c3ccccc3nc2n1C.Cc1cn2cc3ccccc3c2n1C. The number of aromatic nitrogens is 16. The fourth-order valence-electron chi connectivity index (χ4n) is 13.6. The molecule has 0 aliphatic rings. The van der Waals surface area contributed by atoms with Gasteiger partial charge in [-0.3, -0.25) is 8.80 Å². The van der Waals surface area contributed by atoms with Crippen molar-refractivity contribution in [3.05, 3.63) is 284 Å². The van der Waals surface area contributed by atoms with Gasteiger partial charge in [-0.25, -0.2) is 9.97 Å². The molecule has 21 aromatic rings. The molecule has 0 radical (unpaired) electrons. The fraction of sp³-hybridized carbons (Fsp3) is 0.171. The summed E-state index contributed by atoms with van der Waals surface area (Å²) < 4.78 is 26.1. The van der Waals surface area contributed by atoms with Crippen molar-refractivity contribution in [3.63, 3.8) is 0 Å². The van der Waals surface area contributed by atoms with Crippen LogP contribution in [0.2, 0.25) is 0 Å². The van der Waals surface area contributed by atoms with E-state index in [-0.39, 0.29) is 14.9 Å². The highest BCUT2D eigenvalue weighted by Gasteiger charge is 2.13. The van der Waals surface area contributed by atoms with Gasteiger partial charge >= 0.3 is 0 Å². The lowest BCUT2D eigenvalue weighted by atomic mass is 10.2. The van der Waals surface area contributed by atoms with Crippen LogP contribution in [0.25, 0.3) is 116 Å². The summed E-state index contributed by atoms with van der Waals surface area (Å²) in [6.45, 7) is 14.8. The maximum absolute atomic E-state index is 4.56. The predicted octanol–water partition coefficient (Wildman–Crippen LogP) is 19.2. The van der Waals surface area contributed by atoms with Gasteiger partial charge < -0.3 is 54.8 Å². The van der Waals surface area contributed by atoms with Gasteiger partial charge in [0.25, 0.3) is 0 Å². The minimum Gasteiger partial charge on any atom is -0.363 e. The summed E-state index contributed by atoms with van der Waals surface area (Å²) in [5.74, 6) is 1.00. The smallest absolute Gasteiger partial charge is 0.214 e. The molecule has 16 nitrogen and oxygen atoms in total. The summed E-state index contributed by atoms with van der Waals surface area (Å²) >= 11 is 0. The molecule has 0 atom stereocenters. The predicted molar refractivity (Wildman–Crippen MR) is 410 cm³/mol. The van der Waals surface area contributed by atoms with E-state index in [1.807, 2.05) is 56.6 Å². The first kappa shape index (κ1) is 64.7. The van der Waals surface area contributed by atoms with Gasteiger partial charge in [-0.05, 0) is 152 Å². The van der Waals surface area contributed by atoms with Crippen molar-refractivity contribution >= 4 is 116 Å². The van der Waals surface area contributed by atoms with Crippen molar-refractivity contribution in [1.82, 2.24) is 73.6 Å². The number of pyridine rings is 5. The Kier molecular flexibility index (Phi) is 17.1. The van der Waals surface area contributed by atoms with Crippen LogP contribution in [-0.2, 0) is 35.2 Å². The lowest BCUT2D eigenvalue weighted by molar-refractivity contribution is 0.886. The molecule has 0 aliphatic carbocycles. The molecule has 19 aromatic heterocycles. The zero-order chi connectivity index (χ0) is 66.2. The first-order valence-electron chi connectivity index (χ1n) is 32.5. The Morgan fingerprint density at radius 3 is 1.78 bits per heavy atom. The minimum atomic E-state index is 0. The molecule has 0 amide bonds. The van der Waals surface area contributed by atoms with Crippen LogP contribution in [0.4, 0.5) is 0 Å². The maximum atomic E-state index is 4.56. The van der Waals surface area contributed by atoms with E-state index < -0.39 is 0 Å². The summed E-state index contributed by atoms with van der Waals surface area (Å²) in [7, 11) is 10.5. The van der Waals surface area contributed by atoms with Gasteiger partial charge in [0.2, 0.25) is 5.78 Å². The molecule has 0 unspecified atom stereocenters. The van der Waals surface area contributed by atoms with Gasteiger partial charge in [0.05, 0.1) is 44.1 Å². The molecule has 0 saturated carbocycles. The molecule has 21 rings (SSSR count). The zero-order valence-corrected chi connectivity index (χ0v) is 56.4. The Balaban J connectivity index is 0.000000103. The second kappa shape index (κ2) is 25.9. The molecule has 16 heteroatoms. The third-order valence-electron chi connectivity index (χ3n) is 19.2. The third-order valence-corrected chi connectivity index (χ3v) is 19.2. The first-order chi connectivity index (χ1) is 46.6. The topological polar surface area (TPSA) is 113 Å². The highest BCUT2D eigenvalue weighted by atomic mass is 15.2. The second-order valence-electron chi connectivity index (χ2n) is 25.3. The van der Waals surface area contributed by atoms with Gasteiger partial charge in [0, 0.05) is 193 Å². The molecule has 0 spiro atoms. The number of nitrogens with one attached hydrogen (secondary N) is 2. The van der Waals surface area contributed by atoms with Crippen molar-refractivity contribution in [2.75, 3.05) is 0 Å². The normalized spacial score (nSPS) is 11.3. The number of fused-ring (bicyclic) bond motifs is 21. The van der Waals surface area contributed by atoms with Crippen molar-refractivity contribution in [2.24, 2.45) is 35.2 Å². The first-order valence-corrected chi connectivity index (χ1v) is 32.5. The number of para-hydroxylation sites is 2. The molecule has 19 heterocycles. The zero-order valence-electron chi connectivity index (χ0n) is 56.4. The van der Waals surface area contributed by atoms with E-state index in [2.05, 4.69) is 345 Å². The van der Waals surface area contributed by atoms with Crippen molar-refractivity contribution in [2.45, 2.75) is 63.3 Å². The highest BCUT2D eigenvalue weighted by Crippen LogP contribution is 2.29. The molecule has 0 bridgehead atoms. The molecule has 0 saturated heterocycles. The number of hydrogen-bond acceptors (Lipinski definition) is 2. The number of aromatic amines is 2. The lowest BCUT2D eigenvalue weighted by Gasteiger charge is -1.98. The van der Waals surface area contributed by atoms with Gasteiger partial charge in [-0.15, -0.1) is 0 Å². The van der Waals surface area contributed by atoms with Crippen LogP contribution in [0, 0.1) is 48.5 Å². The number of aryl methyl sites for hydroxylation is 12. The molecule has 98 heavy (non-hydrogen) atoms. The molecule has 2 aromatic carbocycles. The van der Waals surface area contributed by atoms with E-state index in [0.29, 0.717) is 0 Å². The van der Waals surface area contributed by atoms with Crippen LogP contribution in [0.1, 0.15) is 54.7 Å². The minimum absolute atomic E-state index is 0. The van der Waals surface area contributed by atoms with E-state index in [0.717, 1.165) is 33.8 Å².